The van der Waals surface area contributed by atoms with E-state index in [0.29, 0.717) is 11.7 Å². The molecule has 0 saturated carbocycles. The van der Waals surface area contributed by atoms with Crippen molar-refractivity contribution in [1.29, 1.82) is 0 Å². The fraction of sp³-hybridized carbons (Fsp3) is 0.188. The first kappa shape index (κ1) is 14.2. The molecule has 0 amide bonds. The van der Waals surface area contributed by atoms with Gasteiger partial charge >= 0.3 is 0 Å². The Hall–Kier alpha value is -1.72. The van der Waals surface area contributed by atoms with Crippen LogP contribution in [0.25, 0.3) is 10.8 Å². The van der Waals surface area contributed by atoms with Gasteiger partial charge in [-0.3, -0.25) is 0 Å². The Kier molecular flexibility index (Phi) is 4.31. The van der Waals surface area contributed by atoms with E-state index in [1.807, 2.05) is 25.1 Å². The number of nitrogens with zero attached hydrogens (tertiary/aromatic N) is 1. The quantitative estimate of drug-likeness (QED) is 0.561. The van der Waals surface area contributed by atoms with E-state index in [2.05, 4.69) is 29.2 Å². The molecule has 0 saturated heterocycles. The molecule has 1 aromatic heterocycles. The van der Waals surface area contributed by atoms with Gasteiger partial charge in [0.05, 0.1) is 16.5 Å². The zero-order chi connectivity index (χ0) is 14.7. The summed E-state index contributed by atoms with van der Waals surface area (Å²) < 4.78 is 6.99. The van der Waals surface area contributed by atoms with Crippen LogP contribution in [0.1, 0.15) is 5.69 Å². The zero-order valence-corrected chi connectivity index (χ0v) is 13.3. The first-order valence-corrected chi connectivity index (χ1v) is 8.50. The summed E-state index contributed by atoms with van der Waals surface area (Å²) in [7, 11) is 0. The van der Waals surface area contributed by atoms with Gasteiger partial charge < -0.3 is 10.5 Å². The molecular weight excluding hydrogens is 300 g/mol. The molecular formula is C16H16N2OS2. The Morgan fingerprint density at radius 3 is 2.76 bits per heavy atom. The lowest BCUT2D eigenvalue weighted by atomic mass is 10.1. The molecule has 3 aromatic rings. The van der Waals surface area contributed by atoms with E-state index >= 15 is 0 Å². The lowest BCUT2D eigenvalue weighted by Crippen LogP contribution is -1.99. The highest BCUT2D eigenvalue weighted by Crippen LogP contribution is 2.30. The number of thioether (sulfide) groups is 1. The summed E-state index contributed by atoms with van der Waals surface area (Å²) in [4.78, 5) is 4.22. The van der Waals surface area contributed by atoms with Crippen molar-refractivity contribution in [2.45, 2.75) is 11.1 Å². The summed E-state index contributed by atoms with van der Waals surface area (Å²) in [5.74, 6) is 1.80. The lowest BCUT2D eigenvalue weighted by molar-refractivity contribution is 0.344. The van der Waals surface area contributed by atoms with Crippen LogP contribution < -0.4 is 10.5 Å². The molecule has 0 aliphatic rings. The van der Waals surface area contributed by atoms with Gasteiger partial charge in [0.2, 0.25) is 0 Å². The minimum absolute atomic E-state index is 0.630. The van der Waals surface area contributed by atoms with Crippen molar-refractivity contribution in [3.63, 3.8) is 0 Å². The molecule has 0 aliphatic carbocycles. The minimum Gasteiger partial charge on any atom is -0.493 e. The van der Waals surface area contributed by atoms with Crippen LogP contribution in [0.4, 0.5) is 5.13 Å². The largest absolute Gasteiger partial charge is 0.493 e. The van der Waals surface area contributed by atoms with Crippen LogP contribution in [-0.2, 0) is 0 Å². The zero-order valence-electron chi connectivity index (χ0n) is 11.7. The number of benzene rings is 2. The number of fused-ring (bicyclic) bond motifs is 1. The molecule has 0 fully saturated rings. The van der Waals surface area contributed by atoms with Crippen molar-refractivity contribution in [3.05, 3.63) is 48.2 Å². The molecule has 0 bridgehead atoms. The maximum absolute atomic E-state index is 5.81. The highest BCUT2D eigenvalue weighted by Gasteiger charge is 2.05. The first-order valence-electron chi connectivity index (χ1n) is 6.70. The molecule has 3 rings (SSSR count). The van der Waals surface area contributed by atoms with Crippen LogP contribution in [0.15, 0.2) is 46.7 Å². The second-order valence-electron chi connectivity index (χ2n) is 4.63. The number of hydrogen-bond acceptors (Lipinski definition) is 5. The standard InChI is InChI=1S/C16H16N2OS2/c1-11-15(21-16(17)18-11)20-9-8-19-14-7-6-12-4-2-3-5-13(12)10-14/h2-7,10H,8-9H2,1H3,(H2,17,18). The molecule has 21 heavy (non-hydrogen) atoms. The number of rotatable bonds is 5. The Morgan fingerprint density at radius 1 is 1.19 bits per heavy atom. The van der Waals surface area contributed by atoms with Gasteiger partial charge in [0.25, 0.3) is 0 Å². The summed E-state index contributed by atoms with van der Waals surface area (Å²) in [5.41, 5.74) is 6.70. The van der Waals surface area contributed by atoms with Crippen molar-refractivity contribution < 1.29 is 4.74 Å². The van der Waals surface area contributed by atoms with E-state index < -0.39 is 0 Å². The highest BCUT2D eigenvalue weighted by atomic mass is 32.2. The number of aromatic nitrogens is 1. The van der Waals surface area contributed by atoms with Gasteiger partial charge in [-0.2, -0.15) is 0 Å². The van der Waals surface area contributed by atoms with Crippen LogP contribution in [0.3, 0.4) is 0 Å². The Labute approximate surface area is 132 Å². The predicted molar refractivity (Wildman–Crippen MR) is 91.4 cm³/mol. The van der Waals surface area contributed by atoms with Crippen LogP contribution in [0, 0.1) is 6.92 Å². The number of anilines is 1. The first-order chi connectivity index (χ1) is 10.2. The van der Waals surface area contributed by atoms with Gasteiger partial charge in [-0.05, 0) is 29.8 Å². The van der Waals surface area contributed by atoms with E-state index in [0.717, 1.165) is 17.2 Å². The van der Waals surface area contributed by atoms with E-state index in [1.165, 1.54) is 26.3 Å². The van der Waals surface area contributed by atoms with Gasteiger partial charge in [0, 0.05) is 5.75 Å². The van der Waals surface area contributed by atoms with Crippen LogP contribution in [0.2, 0.25) is 0 Å². The topological polar surface area (TPSA) is 48.1 Å². The van der Waals surface area contributed by atoms with Gasteiger partial charge in [-0.25, -0.2) is 4.98 Å². The normalized spacial score (nSPS) is 10.9. The fourth-order valence-corrected chi connectivity index (χ4v) is 4.00. The summed E-state index contributed by atoms with van der Waals surface area (Å²) in [6, 6.07) is 14.5. The molecule has 0 spiro atoms. The SMILES string of the molecule is Cc1nc(N)sc1SCCOc1ccc2ccccc2c1. The van der Waals surface area contributed by atoms with Crippen molar-refractivity contribution >= 4 is 39.0 Å². The summed E-state index contributed by atoms with van der Waals surface area (Å²) in [6.45, 7) is 2.65. The van der Waals surface area contributed by atoms with Crippen LogP contribution in [0.5, 0.6) is 5.75 Å². The molecule has 0 atom stereocenters. The number of ether oxygens (including phenoxy) is 1. The third kappa shape index (κ3) is 3.49. The van der Waals surface area contributed by atoms with Crippen molar-refractivity contribution in [1.82, 2.24) is 4.98 Å². The second-order valence-corrected chi connectivity index (χ2v) is 7.03. The Bertz CT molecular complexity index is 755. The summed E-state index contributed by atoms with van der Waals surface area (Å²) in [6.07, 6.45) is 0. The van der Waals surface area contributed by atoms with E-state index in [9.17, 15) is 0 Å². The van der Waals surface area contributed by atoms with Crippen LogP contribution >= 0.6 is 23.1 Å². The van der Waals surface area contributed by atoms with Gasteiger partial charge in [-0.15, -0.1) is 11.8 Å². The molecule has 0 radical (unpaired) electrons. The molecule has 1 heterocycles. The van der Waals surface area contributed by atoms with E-state index in [-0.39, 0.29) is 0 Å². The van der Waals surface area contributed by atoms with Crippen molar-refractivity contribution in [2.24, 2.45) is 0 Å². The fourth-order valence-electron chi connectivity index (χ4n) is 2.09. The lowest BCUT2D eigenvalue weighted by Gasteiger charge is -2.07. The molecule has 0 aliphatic heterocycles. The number of aryl methyl sites for hydroxylation is 1. The van der Waals surface area contributed by atoms with Gasteiger partial charge in [0.1, 0.15) is 5.75 Å². The number of thiazole rings is 1. The third-order valence-electron chi connectivity index (χ3n) is 3.08. The van der Waals surface area contributed by atoms with Crippen molar-refractivity contribution in [2.75, 3.05) is 18.1 Å². The maximum Gasteiger partial charge on any atom is 0.181 e. The molecule has 3 nitrogen and oxygen atoms in total. The van der Waals surface area contributed by atoms with E-state index in [1.54, 1.807) is 11.8 Å². The van der Waals surface area contributed by atoms with Gasteiger partial charge in [-0.1, -0.05) is 41.7 Å². The second kappa shape index (κ2) is 6.37. The monoisotopic (exact) mass is 316 g/mol. The molecule has 2 aromatic carbocycles. The third-order valence-corrected chi connectivity index (χ3v) is 5.39. The summed E-state index contributed by atoms with van der Waals surface area (Å²) >= 11 is 3.28. The van der Waals surface area contributed by atoms with E-state index in [4.69, 9.17) is 10.5 Å². The number of nitrogens with two attached hydrogens (primary N) is 1. The molecule has 5 heteroatoms. The highest BCUT2D eigenvalue weighted by molar-refractivity contribution is 8.01. The number of nitrogen functional groups attached to an aromatic ring is 1. The molecule has 108 valence electrons. The average Bonchev–Trinajstić information content (AvgIpc) is 2.81. The molecule has 2 N–H and O–H groups in total. The Balaban J connectivity index is 1.55. The average molecular weight is 316 g/mol. The molecule has 0 unspecified atom stereocenters. The number of hydrogen-bond donors (Lipinski definition) is 1. The van der Waals surface area contributed by atoms with Crippen LogP contribution in [-0.4, -0.2) is 17.3 Å². The van der Waals surface area contributed by atoms with Crippen molar-refractivity contribution in [3.8, 4) is 5.75 Å². The summed E-state index contributed by atoms with van der Waals surface area (Å²) in [5, 5.41) is 3.06. The smallest absolute Gasteiger partial charge is 0.181 e. The predicted octanol–water partition coefficient (Wildman–Crippen LogP) is 4.36. The van der Waals surface area contributed by atoms with Gasteiger partial charge in [0.15, 0.2) is 5.13 Å². The Morgan fingerprint density at radius 2 is 2.00 bits per heavy atom. The maximum atomic E-state index is 5.81. The minimum atomic E-state index is 0.630.